The predicted molar refractivity (Wildman–Crippen MR) is 106 cm³/mol. The van der Waals surface area contributed by atoms with Crippen LogP contribution < -0.4 is 5.32 Å². The van der Waals surface area contributed by atoms with Gasteiger partial charge in [0.05, 0.1) is 10.6 Å². The number of amides is 1. The Morgan fingerprint density at radius 2 is 1.78 bits per heavy atom. The van der Waals surface area contributed by atoms with E-state index in [0.717, 1.165) is 31.5 Å². The van der Waals surface area contributed by atoms with Gasteiger partial charge in [0, 0.05) is 24.7 Å². The summed E-state index contributed by atoms with van der Waals surface area (Å²) in [7, 11) is -1.51. The maximum absolute atomic E-state index is 12.8. The van der Waals surface area contributed by atoms with E-state index in [1.165, 1.54) is 0 Å². The van der Waals surface area contributed by atoms with Crippen LogP contribution in [0.15, 0.2) is 53.4 Å². The summed E-state index contributed by atoms with van der Waals surface area (Å²) < 4.78 is 25.1. The van der Waals surface area contributed by atoms with Gasteiger partial charge >= 0.3 is 0 Å². The number of hydrogen-bond donors (Lipinski definition) is 1. The molecule has 27 heavy (non-hydrogen) atoms. The van der Waals surface area contributed by atoms with Gasteiger partial charge in [-0.25, -0.2) is 8.42 Å². The Kier molecular flexibility index (Phi) is 5.97. The number of nitrogens with one attached hydrogen (secondary N) is 1. The van der Waals surface area contributed by atoms with Gasteiger partial charge in [-0.15, -0.1) is 0 Å². The van der Waals surface area contributed by atoms with Crippen LogP contribution in [0.4, 0.5) is 0 Å². The van der Waals surface area contributed by atoms with Crippen LogP contribution in [0.3, 0.4) is 0 Å². The van der Waals surface area contributed by atoms with Crippen molar-refractivity contribution in [3.8, 4) is 0 Å². The zero-order valence-corrected chi connectivity index (χ0v) is 16.6. The lowest BCUT2D eigenvalue weighted by Crippen LogP contribution is -2.40. The fourth-order valence-electron chi connectivity index (χ4n) is 3.51. The van der Waals surface area contributed by atoms with E-state index in [9.17, 15) is 13.2 Å². The number of likely N-dealkylation sites (N-methyl/N-ethyl adjacent to an activating group) is 1. The van der Waals surface area contributed by atoms with E-state index < -0.39 is 9.84 Å². The van der Waals surface area contributed by atoms with Gasteiger partial charge in [0.15, 0.2) is 9.84 Å². The van der Waals surface area contributed by atoms with Crippen LogP contribution in [0.5, 0.6) is 0 Å². The molecule has 5 nitrogen and oxygen atoms in total. The summed E-state index contributed by atoms with van der Waals surface area (Å²) in [5.74, 6) is -0.0583. The molecule has 144 valence electrons. The Hall–Kier alpha value is -2.18. The highest BCUT2D eigenvalue weighted by Crippen LogP contribution is 2.21. The molecule has 1 aliphatic rings. The molecule has 2 aromatic carbocycles. The number of benzene rings is 2. The van der Waals surface area contributed by atoms with Gasteiger partial charge in [-0.3, -0.25) is 4.79 Å². The lowest BCUT2D eigenvalue weighted by molar-refractivity contribution is 0.0737. The molecule has 2 aromatic rings. The van der Waals surface area contributed by atoms with Gasteiger partial charge in [-0.05, 0) is 56.6 Å². The van der Waals surface area contributed by atoms with Crippen molar-refractivity contribution >= 4 is 15.7 Å². The Labute approximate surface area is 161 Å². The summed E-state index contributed by atoms with van der Waals surface area (Å²) in [4.78, 5) is 15.0. The second-order valence-corrected chi connectivity index (χ2v) is 9.11. The smallest absolute Gasteiger partial charge is 0.254 e. The lowest BCUT2D eigenvalue weighted by atomic mass is 10.1. The molecule has 1 amide bonds. The van der Waals surface area contributed by atoms with Crippen molar-refractivity contribution < 1.29 is 13.2 Å². The number of nitrogens with zero attached hydrogens (tertiary/aromatic N) is 1. The minimum atomic E-state index is -3.40. The SMILES string of the molecule is CNCC1CCCN1C(=O)c1ccc(CS(=O)(=O)c2ccc(C)cc2)cc1. The molecule has 1 atom stereocenters. The number of hydrogen-bond acceptors (Lipinski definition) is 4. The van der Waals surface area contributed by atoms with E-state index in [-0.39, 0.29) is 17.7 Å². The second kappa shape index (κ2) is 8.23. The molecule has 1 aliphatic heterocycles. The second-order valence-electron chi connectivity index (χ2n) is 7.12. The summed E-state index contributed by atoms with van der Waals surface area (Å²) in [5, 5.41) is 3.14. The van der Waals surface area contributed by atoms with Crippen molar-refractivity contribution in [3.05, 3.63) is 65.2 Å². The van der Waals surface area contributed by atoms with E-state index in [4.69, 9.17) is 0 Å². The monoisotopic (exact) mass is 386 g/mol. The molecule has 1 unspecified atom stereocenters. The van der Waals surface area contributed by atoms with E-state index in [1.807, 2.05) is 18.9 Å². The molecule has 0 aliphatic carbocycles. The Morgan fingerprint density at radius 3 is 2.41 bits per heavy atom. The average molecular weight is 387 g/mol. The van der Waals surface area contributed by atoms with Crippen LogP contribution >= 0.6 is 0 Å². The van der Waals surface area contributed by atoms with Crippen molar-refractivity contribution in [2.75, 3.05) is 20.1 Å². The minimum absolute atomic E-state index is 0.0145. The standard InChI is InChI=1S/C21H26N2O3S/c1-16-5-11-20(12-6-16)27(25,26)15-17-7-9-18(10-8-17)21(24)23-13-3-4-19(23)14-22-2/h5-12,19,22H,3-4,13-15H2,1-2H3. The zero-order valence-electron chi connectivity index (χ0n) is 15.8. The Balaban J connectivity index is 1.71. The third kappa shape index (κ3) is 4.57. The first-order valence-electron chi connectivity index (χ1n) is 9.24. The van der Waals surface area contributed by atoms with E-state index >= 15 is 0 Å². The molecular weight excluding hydrogens is 360 g/mol. The highest BCUT2D eigenvalue weighted by atomic mass is 32.2. The fourth-order valence-corrected chi connectivity index (χ4v) is 4.86. The molecule has 0 bridgehead atoms. The van der Waals surface area contributed by atoms with Crippen molar-refractivity contribution in [1.29, 1.82) is 0 Å². The normalized spacial score (nSPS) is 17.3. The summed E-state index contributed by atoms with van der Waals surface area (Å²) in [5.41, 5.74) is 2.31. The van der Waals surface area contributed by atoms with Crippen molar-refractivity contribution in [2.24, 2.45) is 0 Å². The number of rotatable bonds is 6. The number of sulfone groups is 1. The molecule has 6 heteroatoms. The first kappa shape index (κ1) is 19.6. The van der Waals surface area contributed by atoms with Crippen molar-refractivity contribution in [3.63, 3.8) is 0 Å². The highest BCUT2D eigenvalue weighted by molar-refractivity contribution is 7.90. The van der Waals surface area contributed by atoms with Crippen molar-refractivity contribution in [1.82, 2.24) is 10.2 Å². The lowest BCUT2D eigenvalue weighted by Gasteiger charge is -2.24. The predicted octanol–water partition coefficient (Wildman–Crippen LogP) is 2.79. The van der Waals surface area contributed by atoms with Crippen molar-refractivity contribution in [2.45, 2.75) is 36.5 Å². The van der Waals surface area contributed by atoms with Gasteiger partial charge in [-0.2, -0.15) is 0 Å². The van der Waals surface area contributed by atoms with Gasteiger partial charge in [0.1, 0.15) is 0 Å². The Morgan fingerprint density at radius 1 is 1.11 bits per heavy atom. The fraction of sp³-hybridized carbons (Fsp3) is 0.381. The maximum Gasteiger partial charge on any atom is 0.254 e. The topological polar surface area (TPSA) is 66.5 Å². The third-order valence-electron chi connectivity index (χ3n) is 5.02. The molecule has 0 aromatic heterocycles. The van der Waals surface area contributed by atoms with Gasteiger partial charge in [-0.1, -0.05) is 29.8 Å². The molecule has 0 saturated carbocycles. The summed E-state index contributed by atoms with van der Waals surface area (Å²) in [6.45, 7) is 3.49. The Bertz CT molecular complexity index is 890. The van der Waals surface area contributed by atoms with E-state index in [2.05, 4.69) is 5.32 Å². The van der Waals surface area contributed by atoms with Crippen LogP contribution in [0.1, 0.15) is 34.3 Å². The van der Waals surface area contributed by atoms with Crippen LogP contribution in [-0.2, 0) is 15.6 Å². The maximum atomic E-state index is 12.8. The molecule has 3 rings (SSSR count). The number of carbonyl (C=O) groups excluding carboxylic acids is 1. The van der Waals surface area contributed by atoms with Gasteiger partial charge in [0.25, 0.3) is 5.91 Å². The van der Waals surface area contributed by atoms with E-state index in [1.54, 1.807) is 48.5 Å². The average Bonchev–Trinajstić information content (AvgIpc) is 3.10. The minimum Gasteiger partial charge on any atom is -0.334 e. The molecule has 1 heterocycles. The van der Waals surface area contributed by atoms with Gasteiger partial charge < -0.3 is 10.2 Å². The summed E-state index contributed by atoms with van der Waals surface area (Å²) in [6.07, 6.45) is 2.03. The molecule has 0 radical (unpaired) electrons. The summed E-state index contributed by atoms with van der Waals surface area (Å²) >= 11 is 0. The molecule has 1 fully saturated rings. The van der Waals surface area contributed by atoms with Crippen LogP contribution in [0.2, 0.25) is 0 Å². The third-order valence-corrected chi connectivity index (χ3v) is 6.72. The highest BCUT2D eigenvalue weighted by Gasteiger charge is 2.28. The number of likely N-dealkylation sites (tertiary alicyclic amines) is 1. The van der Waals surface area contributed by atoms with Crippen LogP contribution in [-0.4, -0.2) is 45.4 Å². The molecule has 0 spiro atoms. The van der Waals surface area contributed by atoms with Crippen LogP contribution in [0.25, 0.3) is 0 Å². The summed E-state index contributed by atoms with van der Waals surface area (Å²) in [6, 6.07) is 14.0. The molecular formula is C21H26N2O3S. The first-order chi connectivity index (χ1) is 12.9. The van der Waals surface area contributed by atoms with E-state index in [0.29, 0.717) is 16.0 Å². The quantitative estimate of drug-likeness (QED) is 0.829. The first-order valence-corrected chi connectivity index (χ1v) is 10.9. The van der Waals surface area contributed by atoms with Crippen LogP contribution in [0, 0.1) is 6.92 Å². The molecule has 1 saturated heterocycles. The number of aryl methyl sites for hydroxylation is 1. The molecule has 1 N–H and O–H groups in total. The largest absolute Gasteiger partial charge is 0.334 e. The van der Waals surface area contributed by atoms with Gasteiger partial charge in [0.2, 0.25) is 0 Å². The number of carbonyl (C=O) groups is 1. The zero-order chi connectivity index (χ0) is 19.4.